The molecule has 0 radical (unpaired) electrons. The SMILES string of the molecule is COc1ccccc1C(=O)C(C#N)c1ccc(C)c(C)c1. The second-order valence-electron chi connectivity index (χ2n) is 4.97. The minimum atomic E-state index is -0.819. The van der Waals surface area contributed by atoms with E-state index in [1.165, 1.54) is 7.11 Å². The zero-order valence-corrected chi connectivity index (χ0v) is 12.4. The number of nitriles is 1. The van der Waals surface area contributed by atoms with E-state index in [0.717, 1.165) is 16.7 Å². The van der Waals surface area contributed by atoms with Crippen LogP contribution >= 0.6 is 0 Å². The third-order valence-corrected chi connectivity index (χ3v) is 3.63. The fourth-order valence-electron chi connectivity index (χ4n) is 2.23. The van der Waals surface area contributed by atoms with Crippen molar-refractivity contribution in [1.29, 1.82) is 5.26 Å². The number of para-hydroxylation sites is 1. The predicted octanol–water partition coefficient (Wildman–Crippen LogP) is 3.80. The van der Waals surface area contributed by atoms with Gasteiger partial charge in [0.15, 0.2) is 5.78 Å². The van der Waals surface area contributed by atoms with E-state index in [4.69, 9.17) is 4.74 Å². The number of carbonyl (C=O) groups excluding carboxylic acids is 1. The summed E-state index contributed by atoms with van der Waals surface area (Å²) < 4.78 is 5.21. The Balaban J connectivity index is 2.44. The fraction of sp³-hybridized carbons (Fsp3) is 0.222. The smallest absolute Gasteiger partial charge is 0.188 e. The second kappa shape index (κ2) is 6.23. The molecule has 2 aromatic rings. The molecule has 0 N–H and O–H groups in total. The Kier molecular flexibility index (Phi) is 4.39. The molecule has 0 fully saturated rings. The maximum Gasteiger partial charge on any atom is 0.188 e. The summed E-state index contributed by atoms with van der Waals surface area (Å²) in [6.45, 7) is 3.98. The van der Waals surface area contributed by atoms with Gasteiger partial charge in [0.1, 0.15) is 11.7 Å². The van der Waals surface area contributed by atoms with Gasteiger partial charge in [-0.2, -0.15) is 5.26 Å². The van der Waals surface area contributed by atoms with Gasteiger partial charge in [0.2, 0.25) is 0 Å². The van der Waals surface area contributed by atoms with Crippen molar-refractivity contribution in [2.75, 3.05) is 7.11 Å². The van der Waals surface area contributed by atoms with Crippen molar-refractivity contribution in [3.63, 3.8) is 0 Å². The maximum absolute atomic E-state index is 12.6. The Labute approximate surface area is 124 Å². The highest BCUT2D eigenvalue weighted by atomic mass is 16.5. The van der Waals surface area contributed by atoms with Crippen molar-refractivity contribution in [2.45, 2.75) is 19.8 Å². The molecule has 0 spiro atoms. The number of hydrogen-bond donors (Lipinski definition) is 0. The van der Waals surface area contributed by atoms with Gasteiger partial charge < -0.3 is 4.74 Å². The highest BCUT2D eigenvalue weighted by Crippen LogP contribution is 2.27. The number of rotatable bonds is 4. The molecule has 3 heteroatoms. The van der Waals surface area contributed by atoms with E-state index in [-0.39, 0.29) is 5.78 Å². The molecule has 1 atom stereocenters. The molecule has 2 aromatic carbocycles. The van der Waals surface area contributed by atoms with Crippen LogP contribution in [-0.2, 0) is 0 Å². The molecule has 2 rings (SSSR count). The lowest BCUT2D eigenvalue weighted by atomic mass is 9.90. The number of aryl methyl sites for hydroxylation is 2. The topological polar surface area (TPSA) is 50.1 Å². The Hall–Kier alpha value is -2.60. The number of ether oxygens (including phenoxy) is 1. The van der Waals surface area contributed by atoms with Crippen LogP contribution in [0.3, 0.4) is 0 Å². The van der Waals surface area contributed by atoms with Crippen molar-refractivity contribution in [2.24, 2.45) is 0 Å². The van der Waals surface area contributed by atoms with Crippen LogP contribution in [0.25, 0.3) is 0 Å². The number of nitrogens with zero attached hydrogens (tertiary/aromatic N) is 1. The summed E-state index contributed by atoms with van der Waals surface area (Å²) in [5.74, 6) is -0.564. The quantitative estimate of drug-likeness (QED) is 0.800. The zero-order valence-electron chi connectivity index (χ0n) is 12.4. The second-order valence-corrected chi connectivity index (χ2v) is 4.97. The van der Waals surface area contributed by atoms with Crippen molar-refractivity contribution in [3.05, 3.63) is 64.7 Å². The molecule has 0 aliphatic rings. The average Bonchev–Trinajstić information content (AvgIpc) is 2.51. The van der Waals surface area contributed by atoms with E-state index in [0.29, 0.717) is 11.3 Å². The minimum absolute atomic E-state index is 0.238. The highest BCUT2D eigenvalue weighted by Gasteiger charge is 2.24. The van der Waals surface area contributed by atoms with Gasteiger partial charge in [-0.15, -0.1) is 0 Å². The number of hydrogen-bond acceptors (Lipinski definition) is 3. The first-order chi connectivity index (χ1) is 10.1. The molecule has 0 aliphatic carbocycles. The summed E-state index contributed by atoms with van der Waals surface area (Å²) in [5, 5.41) is 9.42. The molecule has 0 saturated heterocycles. The standard InChI is InChI=1S/C18H17NO2/c1-12-8-9-14(10-13(12)2)16(11-19)18(20)15-6-4-5-7-17(15)21-3/h4-10,16H,1-3H3. The summed E-state index contributed by atoms with van der Waals surface area (Å²) >= 11 is 0. The van der Waals surface area contributed by atoms with Gasteiger partial charge in [0.05, 0.1) is 18.7 Å². The van der Waals surface area contributed by atoms with Crippen LogP contribution in [0, 0.1) is 25.2 Å². The highest BCUT2D eigenvalue weighted by molar-refractivity contribution is 6.04. The first-order valence-electron chi connectivity index (χ1n) is 6.72. The molecular weight excluding hydrogens is 262 g/mol. The maximum atomic E-state index is 12.6. The summed E-state index contributed by atoms with van der Waals surface area (Å²) in [6.07, 6.45) is 0. The van der Waals surface area contributed by atoms with Crippen LogP contribution in [-0.4, -0.2) is 12.9 Å². The number of carbonyl (C=O) groups is 1. The summed E-state index contributed by atoms with van der Waals surface area (Å²) in [4.78, 5) is 12.6. The molecule has 1 unspecified atom stereocenters. The summed E-state index contributed by atoms with van der Waals surface area (Å²) in [6, 6.07) is 14.8. The molecular formula is C18H17NO2. The van der Waals surface area contributed by atoms with E-state index < -0.39 is 5.92 Å². The van der Waals surface area contributed by atoms with Crippen molar-refractivity contribution < 1.29 is 9.53 Å². The number of methoxy groups -OCH3 is 1. The van der Waals surface area contributed by atoms with Crippen LogP contribution in [0.2, 0.25) is 0 Å². The molecule has 0 saturated carbocycles. The van der Waals surface area contributed by atoms with Gasteiger partial charge in [0, 0.05) is 0 Å². The van der Waals surface area contributed by atoms with E-state index in [1.807, 2.05) is 32.0 Å². The van der Waals surface area contributed by atoms with Crippen LogP contribution in [0.4, 0.5) is 0 Å². The van der Waals surface area contributed by atoms with E-state index >= 15 is 0 Å². The lowest BCUT2D eigenvalue weighted by molar-refractivity contribution is 0.0976. The molecule has 0 aliphatic heterocycles. The van der Waals surface area contributed by atoms with Gasteiger partial charge in [-0.1, -0.05) is 30.3 Å². The first kappa shape index (κ1) is 14.8. The summed E-state index contributed by atoms with van der Waals surface area (Å²) in [5.41, 5.74) is 3.36. The monoisotopic (exact) mass is 279 g/mol. The van der Waals surface area contributed by atoms with Crippen molar-refractivity contribution in [1.82, 2.24) is 0 Å². The van der Waals surface area contributed by atoms with Gasteiger partial charge in [-0.3, -0.25) is 4.79 Å². The Morgan fingerprint density at radius 3 is 2.48 bits per heavy atom. The first-order valence-corrected chi connectivity index (χ1v) is 6.72. The Morgan fingerprint density at radius 1 is 1.14 bits per heavy atom. The zero-order chi connectivity index (χ0) is 15.4. The van der Waals surface area contributed by atoms with Crippen LogP contribution in [0.15, 0.2) is 42.5 Å². The third kappa shape index (κ3) is 2.95. The van der Waals surface area contributed by atoms with Gasteiger partial charge in [0.25, 0.3) is 0 Å². The van der Waals surface area contributed by atoms with E-state index in [9.17, 15) is 10.1 Å². The number of benzene rings is 2. The Bertz CT molecular complexity index is 713. The normalized spacial score (nSPS) is 11.5. The molecule has 21 heavy (non-hydrogen) atoms. The lowest BCUT2D eigenvalue weighted by Gasteiger charge is -2.13. The number of ketones is 1. The summed E-state index contributed by atoms with van der Waals surface area (Å²) in [7, 11) is 1.52. The molecule has 0 amide bonds. The third-order valence-electron chi connectivity index (χ3n) is 3.63. The van der Waals surface area contributed by atoms with Gasteiger partial charge in [-0.25, -0.2) is 0 Å². The van der Waals surface area contributed by atoms with Crippen molar-refractivity contribution >= 4 is 5.78 Å². The molecule has 0 aromatic heterocycles. The molecule has 0 bridgehead atoms. The molecule has 3 nitrogen and oxygen atoms in total. The number of Topliss-reactive ketones (excluding diaryl/α,β-unsaturated/α-hetero) is 1. The molecule has 0 heterocycles. The largest absolute Gasteiger partial charge is 0.496 e. The minimum Gasteiger partial charge on any atom is -0.496 e. The average molecular weight is 279 g/mol. The fourth-order valence-corrected chi connectivity index (χ4v) is 2.23. The lowest BCUT2D eigenvalue weighted by Crippen LogP contribution is -2.12. The van der Waals surface area contributed by atoms with Crippen LogP contribution in [0.5, 0.6) is 5.75 Å². The van der Waals surface area contributed by atoms with Gasteiger partial charge >= 0.3 is 0 Å². The van der Waals surface area contributed by atoms with Crippen LogP contribution in [0.1, 0.15) is 33.0 Å². The Morgan fingerprint density at radius 2 is 1.86 bits per heavy atom. The van der Waals surface area contributed by atoms with E-state index in [1.54, 1.807) is 24.3 Å². The van der Waals surface area contributed by atoms with Crippen LogP contribution < -0.4 is 4.74 Å². The van der Waals surface area contributed by atoms with Crippen molar-refractivity contribution in [3.8, 4) is 11.8 Å². The van der Waals surface area contributed by atoms with E-state index in [2.05, 4.69) is 6.07 Å². The van der Waals surface area contributed by atoms with Gasteiger partial charge in [-0.05, 0) is 42.7 Å². The predicted molar refractivity (Wildman–Crippen MR) is 81.6 cm³/mol. The molecule has 106 valence electrons.